The molecule has 3 rings (SSSR count). The van der Waals surface area contributed by atoms with Crippen molar-refractivity contribution in [2.24, 2.45) is 5.92 Å². The van der Waals surface area contributed by atoms with Crippen molar-refractivity contribution in [1.29, 1.82) is 0 Å². The third-order valence-corrected chi connectivity index (χ3v) is 4.28. The van der Waals surface area contributed by atoms with Gasteiger partial charge in [-0.25, -0.2) is 0 Å². The largest absolute Gasteiger partial charge is 0.332 e. The summed E-state index contributed by atoms with van der Waals surface area (Å²) in [6, 6.07) is 2.10. The van der Waals surface area contributed by atoms with Crippen LogP contribution in [0, 0.1) is 12.8 Å². The molecular weight excluding hydrogens is 290 g/mol. The predicted octanol–water partition coefficient (Wildman–Crippen LogP) is 2.42. The number of aromatic nitrogens is 4. The minimum absolute atomic E-state index is 0.0302. The Labute approximate surface area is 136 Å². The van der Waals surface area contributed by atoms with Gasteiger partial charge in [0.25, 0.3) is 5.91 Å². The second kappa shape index (κ2) is 6.56. The first kappa shape index (κ1) is 15.8. The van der Waals surface area contributed by atoms with Crippen LogP contribution >= 0.6 is 0 Å². The molecule has 1 saturated heterocycles. The number of likely N-dealkylation sites (tertiary alicyclic amines) is 1. The molecule has 1 atom stereocenters. The van der Waals surface area contributed by atoms with Crippen LogP contribution in [0.1, 0.15) is 48.4 Å². The summed E-state index contributed by atoms with van der Waals surface area (Å²) < 4.78 is 1.93. The average molecular weight is 315 g/mol. The summed E-state index contributed by atoms with van der Waals surface area (Å²) in [5.74, 6) is 0.573. The zero-order valence-electron chi connectivity index (χ0n) is 14.1. The summed E-state index contributed by atoms with van der Waals surface area (Å²) in [7, 11) is 0. The SMILES string of the molecule is Cc1cnn(C[C@H]2CCCN2C(=O)c2cc(CC(C)C)[nH]n2)c1. The molecule has 23 heavy (non-hydrogen) atoms. The minimum Gasteiger partial charge on any atom is -0.332 e. The average Bonchev–Trinajstić information content (AvgIpc) is 3.20. The Kier molecular flexibility index (Phi) is 4.50. The summed E-state index contributed by atoms with van der Waals surface area (Å²) in [4.78, 5) is 14.7. The molecule has 1 aliphatic rings. The number of hydrogen-bond acceptors (Lipinski definition) is 3. The monoisotopic (exact) mass is 315 g/mol. The molecule has 2 aromatic rings. The quantitative estimate of drug-likeness (QED) is 0.921. The van der Waals surface area contributed by atoms with Crippen molar-refractivity contribution in [2.75, 3.05) is 6.54 Å². The Bertz CT molecular complexity index is 672. The molecule has 0 saturated carbocycles. The van der Waals surface area contributed by atoms with E-state index in [1.54, 1.807) is 0 Å². The van der Waals surface area contributed by atoms with Gasteiger partial charge in [0.1, 0.15) is 5.69 Å². The molecule has 6 heteroatoms. The topological polar surface area (TPSA) is 66.8 Å². The lowest BCUT2D eigenvalue weighted by molar-refractivity contribution is 0.0715. The van der Waals surface area contributed by atoms with E-state index < -0.39 is 0 Å². The highest BCUT2D eigenvalue weighted by molar-refractivity contribution is 5.92. The van der Waals surface area contributed by atoms with E-state index >= 15 is 0 Å². The lowest BCUT2D eigenvalue weighted by Gasteiger charge is -2.23. The molecule has 0 bridgehead atoms. The first-order valence-corrected chi connectivity index (χ1v) is 8.37. The van der Waals surface area contributed by atoms with Gasteiger partial charge in [-0.05, 0) is 43.7 Å². The molecule has 2 aromatic heterocycles. The molecule has 124 valence electrons. The maximum absolute atomic E-state index is 12.8. The molecule has 0 spiro atoms. The Morgan fingerprint density at radius 2 is 2.30 bits per heavy atom. The number of nitrogens with zero attached hydrogens (tertiary/aromatic N) is 4. The zero-order valence-corrected chi connectivity index (χ0v) is 14.1. The van der Waals surface area contributed by atoms with Gasteiger partial charge >= 0.3 is 0 Å². The number of aryl methyl sites for hydroxylation is 1. The van der Waals surface area contributed by atoms with Crippen LogP contribution in [0.4, 0.5) is 0 Å². The van der Waals surface area contributed by atoms with Crippen LogP contribution < -0.4 is 0 Å². The first-order valence-electron chi connectivity index (χ1n) is 8.37. The first-order chi connectivity index (χ1) is 11.0. The number of aromatic amines is 1. The van der Waals surface area contributed by atoms with Crippen molar-refractivity contribution in [3.05, 3.63) is 35.4 Å². The van der Waals surface area contributed by atoms with Gasteiger partial charge in [0, 0.05) is 18.4 Å². The maximum Gasteiger partial charge on any atom is 0.274 e. The van der Waals surface area contributed by atoms with Crippen molar-refractivity contribution in [3.8, 4) is 0 Å². The summed E-state index contributed by atoms with van der Waals surface area (Å²) in [6.07, 6.45) is 6.85. The number of nitrogens with one attached hydrogen (secondary N) is 1. The van der Waals surface area contributed by atoms with E-state index in [0.717, 1.165) is 43.6 Å². The van der Waals surface area contributed by atoms with Crippen LogP contribution in [-0.2, 0) is 13.0 Å². The molecule has 3 heterocycles. The fourth-order valence-corrected chi connectivity index (χ4v) is 3.24. The van der Waals surface area contributed by atoms with Crippen LogP contribution in [-0.4, -0.2) is 43.4 Å². The molecular formula is C17H25N5O. The summed E-state index contributed by atoms with van der Waals surface area (Å²) in [6.45, 7) is 7.90. The third-order valence-electron chi connectivity index (χ3n) is 4.28. The number of amides is 1. The predicted molar refractivity (Wildman–Crippen MR) is 88.2 cm³/mol. The van der Waals surface area contributed by atoms with Crippen molar-refractivity contribution >= 4 is 5.91 Å². The van der Waals surface area contributed by atoms with E-state index in [2.05, 4.69) is 29.1 Å². The standard InChI is InChI=1S/C17H25N5O/c1-12(2)7-14-8-16(20-19-14)17(23)22-6-4-5-15(22)11-21-10-13(3)9-18-21/h8-10,12,15H,4-7,11H2,1-3H3,(H,19,20)/t15-/m1/s1. The van der Waals surface area contributed by atoms with E-state index in [4.69, 9.17) is 0 Å². The van der Waals surface area contributed by atoms with Gasteiger partial charge in [-0.2, -0.15) is 10.2 Å². The van der Waals surface area contributed by atoms with Crippen LogP contribution in [0.3, 0.4) is 0 Å². The van der Waals surface area contributed by atoms with E-state index in [1.807, 2.05) is 35.0 Å². The zero-order chi connectivity index (χ0) is 16.4. The number of H-pyrrole nitrogens is 1. The van der Waals surface area contributed by atoms with Crippen LogP contribution in [0.25, 0.3) is 0 Å². The smallest absolute Gasteiger partial charge is 0.274 e. The van der Waals surface area contributed by atoms with Crippen molar-refractivity contribution in [3.63, 3.8) is 0 Å². The van der Waals surface area contributed by atoms with E-state index in [1.165, 1.54) is 0 Å². The van der Waals surface area contributed by atoms with Gasteiger partial charge in [-0.15, -0.1) is 0 Å². The minimum atomic E-state index is 0.0302. The normalized spacial score (nSPS) is 18.1. The Hall–Kier alpha value is -2.11. The third kappa shape index (κ3) is 3.63. The van der Waals surface area contributed by atoms with Gasteiger partial charge in [-0.1, -0.05) is 13.8 Å². The molecule has 1 fully saturated rings. The second-order valence-corrected chi connectivity index (χ2v) is 6.91. The fourth-order valence-electron chi connectivity index (χ4n) is 3.24. The highest BCUT2D eigenvalue weighted by Crippen LogP contribution is 2.21. The molecule has 0 aliphatic carbocycles. The number of hydrogen-bond donors (Lipinski definition) is 1. The Morgan fingerprint density at radius 3 is 3.00 bits per heavy atom. The molecule has 1 N–H and O–H groups in total. The van der Waals surface area contributed by atoms with Gasteiger partial charge < -0.3 is 4.90 Å². The molecule has 0 aromatic carbocycles. The lowest BCUT2D eigenvalue weighted by Crippen LogP contribution is -2.38. The summed E-state index contributed by atoms with van der Waals surface area (Å²) in [5, 5.41) is 11.6. The highest BCUT2D eigenvalue weighted by atomic mass is 16.2. The Balaban J connectivity index is 1.69. The van der Waals surface area contributed by atoms with Gasteiger partial charge in [0.05, 0.1) is 18.8 Å². The van der Waals surface area contributed by atoms with E-state index in [0.29, 0.717) is 11.6 Å². The Morgan fingerprint density at radius 1 is 1.48 bits per heavy atom. The van der Waals surface area contributed by atoms with Gasteiger partial charge in [0.2, 0.25) is 0 Å². The maximum atomic E-state index is 12.8. The molecule has 1 amide bonds. The van der Waals surface area contributed by atoms with Crippen molar-refractivity contribution < 1.29 is 4.79 Å². The van der Waals surface area contributed by atoms with Crippen molar-refractivity contribution in [1.82, 2.24) is 24.9 Å². The van der Waals surface area contributed by atoms with Gasteiger partial charge in [-0.3, -0.25) is 14.6 Å². The number of carbonyl (C=O) groups excluding carboxylic acids is 1. The van der Waals surface area contributed by atoms with E-state index in [-0.39, 0.29) is 11.9 Å². The second-order valence-electron chi connectivity index (χ2n) is 6.91. The molecule has 6 nitrogen and oxygen atoms in total. The number of carbonyl (C=O) groups is 1. The van der Waals surface area contributed by atoms with Crippen LogP contribution in [0.15, 0.2) is 18.5 Å². The fraction of sp³-hybridized carbons (Fsp3) is 0.588. The molecule has 0 unspecified atom stereocenters. The van der Waals surface area contributed by atoms with E-state index in [9.17, 15) is 4.79 Å². The van der Waals surface area contributed by atoms with Crippen LogP contribution in [0.2, 0.25) is 0 Å². The lowest BCUT2D eigenvalue weighted by atomic mass is 10.1. The van der Waals surface area contributed by atoms with Crippen molar-refractivity contribution in [2.45, 2.75) is 52.6 Å². The summed E-state index contributed by atoms with van der Waals surface area (Å²) in [5.41, 5.74) is 2.71. The number of rotatable bonds is 5. The molecule has 0 radical (unpaired) electrons. The highest BCUT2D eigenvalue weighted by Gasteiger charge is 2.31. The van der Waals surface area contributed by atoms with Crippen LogP contribution in [0.5, 0.6) is 0 Å². The molecule has 1 aliphatic heterocycles. The van der Waals surface area contributed by atoms with Gasteiger partial charge in [0.15, 0.2) is 0 Å². The summed E-state index contributed by atoms with van der Waals surface area (Å²) >= 11 is 0.